The zero-order valence-corrected chi connectivity index (χ0v) is 6.16. The average molecular weight is 162 g/mol. The molecule has 0 unspecified atom stereocenters. The summed E-state index contributed by atoms with van der Waals surface area (Å²) in [5, 5.41) is 0. The highest BCUT2D eigenvalue weighted by molar-refractivity contribution is 6.25. The van der Waals surface area contributed by atoms with Gasteiger partial charge in [0.2, 0.25) is 0 Å². The Morgan fingerprint density at radius 1 is 1.00 bits per heavy atom. The molecule has 0 aliphatic carbocycles. The average Bonchev–Trinajstić information content (AvgIpc) is 2.60. The van der Waals surface area contributed by atoms with Gasteiger partial charge in [0.25, 0.3) is 0 Å². The van der Waals surface area contributed by atoms with Gasteiger partial charge in [0, 0.05) is 12.4 Å². The molecule has 60 valence electrons. The highest BCUT2D eigenvalue weighted by Crippen LogP contribution is 1.81. The van der Waals surface area contributed by atoms with Crippen molar-refractivity contribution in [3.63, 3.8) is 0 Å². The Bertz CT molecular complexity index is 253. The van der Waals surface area contributed by atoms with Gasteiger partial charge in [0.05, 0.1) is 12.4 Å². The zero-order chi connectivity index (χ0) is 8.65. The zero-order valence-electron chi connectivity index (χ0n) is 6.16. The number of hydrogen-bond acceptors (Lipinski definition) is 3. The minimum Gasteiger partial charge on any atom is -0.245 e. The summed E-state index contributed by atoms with van der Waals surface area (Å²) >= 11 is 0. The molecule has 1 aliphatic heterocycles. The van der Waals surface area contributed by atoms with Crippen molar-refractivity contribution in [2.45, 2.75) is 0 Å². The van der Waals surface area contributed by atoms with E-state index in [4.69, 9.17) is 0 Å². The number of hydrogen-bond donors (Lipinski definition) is 0. The Morgan fingerprint density at radius 3 is 1.75 bits per heavy atom. The summed E-state index contributed by atoms with van der Waals surface area (Å²) in [6.07, 6.45) is 7.60. The molecule has 2 rings (SSSR count). The molecule has 0 spiro atoms. The molecule has 0 bridgehead atoms. The maximum Gasteiger partial charge on any atom is 0.367 e. The first kappa shape index (κ1) is 8.19. The van der Waals surface area contributed by atoms with Gasteiger partial charge in [-0.1, -0.05) is 0 Å². The van der Waals surface area contributed by atoms with E-state index >= 15 is 0 Å². The molecule has 5 heteroatoms. The molecule has 0 saturated heterocycles. The second-order valence-electron chi connectivity index (χ2n) is 1.74. The quantitative estimate of drug-likeness (QED) is 0.565. The molecule has 1 aromatic heterocycles. The van der Waals surface area contributed by atoms with Crippen LogP contribution in [-0.4, -0.2) is 28.4 Å². The summed E-state index contributed by atoms with van der Waals surface area (Å²) in [4.78, 5) is 23.7. The van der Waals surface area contributed by atoms with Crippen LogP contribution in [0.2, 0.25) is 0 Å². The standard InChI is InChI=1S/C4H4N2.C3H2N2O/c1-2-5-4-6-3-1;6-3-4-1-2-5-3/h1-4H;1-2H. The molecule has 1 aliphatic rings. The van der Waals surface area contributed by atoms with Crippen LogP contribution in [0.3, 0.4) is 0 Å². The van der Waals surface area contributed by atoms with Crippen molar-refractivity contribution >= 4 is 18.5 Å². The summed E-state index contributed by atoms with van der Waals surface area (Å²) < 4.78 is 0. The van der Waals surface area contributed by atoms with Gasteiger partial charge in [0.1, 0.15) is 6.33 Å². The van der Waals surface area contributed by atoms with Gasteiger partial charge in [-0.05, 0) is 6.07 Å². The van der Waals surface area contributed by atoms with Crippen LogP contribution in [0.15, 0.2) is 34.8 Å². The van der Waals surface area contributed by atoms with Gasteiger partial charge in [-0.15, -0.1) is 0 Å². The smallest absolute Gasteiger partial charge is 0.245 e. The first-order valence-corrected chi connectivity index (χ1v) is 3.20. The number of carbonyl (C=O) groups is 1. The van der Waals surface area contributed by atoms with Crippen molar-refractivity contribution in [3.05, 3.63) is 24.8 Å². The molecular formula is C7H6N4O. The minimum atomic E-state index is -0.407. The van der Waals surface area contributed by atoms with Gasteiger partial charge >= 0.3 is 6.03 Å². The Labute approximate surface area is 68.9 Å². The maximum atomic E-state index is 9.85. The van der Waals surface area contributed by atoms with E-state index in [2.05, 4.69) is 20.0 Å². The van der Waals surface area contributed by atoms with E-state index in [9.17, 15) is 4.79 Å². The third-order valence-electron chi connectivity index (χ3n) is 0.914. The number of aliphatic imine (C=N–C) groups is 2. The molecular weight excluding hydrogens is 156 g/mol. The highest BCUT2D eigenvalue weighted by Gasteiger charge is 1.91. The lowest BCUT2D eigenvalue weighted by Gasteiger charge is -1.70. The molecule has 0 atom stereocenters. The molecule has 0 aromatic carbocycles. The van der Waals surface area contributed by atoms with Gasteiger partial charge in [-0.2, -0.15) is 9.98 Å². The molecule has 1 aromatic rings. The van der Waals surface area contributed by atoms with E-state index in [1.165, 1.54) is 18.8 Å². The fraction of sp³-hybridized carbons (Fsp3) is 0. The summed E-state index contributed by atoms with van der Waals surface area (Å²) in [6, 6.07) is 1.37. The lowest BCUT2D eigenvalue weighted by atomic mass is 10.7. The molecule has 2 amide bonds. The number of nitrogens with zero attached hydrogens (tertiary/aromatic N) is 4. The Kier molecular flexibility index (Phi) is 3.30. The van der Waals surface area contributed by atoms with Crippen LogP contribution in [0, 0.1) is 0 Å². The Balaban J connectivity index is 0.000000120. The summed E-state index contributed by atoms with van der Waals surface area (Å²) in [7, 11) is 0. The fourth-order valence-electron chi connectivity index (χ4n) is 0.481. The second-order valence-corrected chi connectivity index (χ2v) is 1.74. The van der Waals surface area contributed by atoms with Crippen LogP contribution in [0.5, 0.6) is 0 Å². The van der Waals surface area contributed by atoms with Crippen LogP contribution in [-0.2, 0) is 0 Å². The fourth-order valence-corrected chi connectivity index (χ4v) is 0.481. The minimum absolute atomic E-state index is 0.407. The molecule has 2 heterocycles. The normalized spacial score (nSPS) is 12.5. The van der Waals surface area contributed by atoms with Crippen LogP contribution < -0.4 is 0 Å². The van der Waals surface area contributed by atoms with E-state index < -0.39 is 6.03 Å². The predicted octanol–water partition coefficient (Wildman–Crippen LogP) is 0.738. The van der Waals surface area contributed by atoms with Crippen molar-refractivity contribution in [1.29, 1.82) is 0 Å². The monoisotopic (exact) mass is 162 g/mol. The van der Waals surface area contributed by atoms with Crippen LogP contribution in [0.1, 0.15) is 0 Å². The van der Waals surface area contributed by atoms with Gasteiger partial charge < -0.3 is 0 Å². The lowest BCUT2D eigenvalue weighted by Crippen LogP contribution is -1.70. The molecule has 0 N–H and O–H groups in total. The summed E-state index contributed by atoms with van der Waals surface area (Å²) in [5.41, 5.74) is 0. The second kappa shape index (κ2) is 4.84. The number of urea groups is 1. The highest BCUT2D eigenvalue weighted by atomic mass is 16.2. The molecule has 12 heavy (non-hydrogen) atoms. The molecule has 5 nitrogen and oxygen atoms in total. The predicted molar refractivity (Wildman–Crippen MR) is 44.4 cm³/mol. The van der Waals surface area contributed by atoms with E-state index in [1.54, 1.807) is 18.5 Å². The van der Waals surface area contributed by atoms with Crippen molar-refractivity contribution < 1.29 is 4.79 Å². The van der Waals surface area contributed by atoms with Crippen molar-refractivity contribution in [2.24, 2.45) is 9.98 Å². The van der Waals surface area contributed by atoms with Crippen LogP contribution in [0.4, 0.5) is 4.79 Å². The number of aromatic nitrogens is 2. The Hall–Kier alpha value is -1.91. The van der Waals surface area contributed by atoms with Gasteiger partial charge in [-0.25, -0.2) is 14.8 Å². The SMILES string of the molecule is O=C1N=CC=N1.c1cncnc1. The van der Waals surface area contributed by atoms with Crippen molar-refractivity contribution in [3.8, 4) is 0 Å². The number of carbonyl (C=O) groups excluding carboxylic acids is 1. The van der Waals surface area contributed by atoms with E-state index in [0.29, 0.717) is 0 Å². The summed E-state index contributed by atoms with van der Waals surface area (Å²) in [6.45, 7) is 0. The van der Waals surface area contributed by atoms with E-state index in [0.717, 1.165) is 0 Å². The van der Waals surface area contributed by atoms with Crippen LogP contribution >= 0.6 is 0 Å². The topological polar surface area (TPSA) is 67.6 Å². The lowest BCUT2D eigenvalue weighted by molar-refractivity contribution is 0.257. The van der Waals surface area contributed by atoms with Gasteiger partial charge in [0.15, 0.2) is 0 Å². The van der Waals surface area contributed by atoms with Crippen LogP contribution in [0.25, 0.3) is 0 Å². The first-order chi connectivity index (χ1) is 5.89. The maximum absolute atomic E-state index is 9.85. The first-order valence-electron chi connectivity index (χ1n) is 3.20. The largest absolute Gasteiger partial charge is 0.367 e. The number of amides is 2. The summed E-state index contributed by atoms with van der Waals surface area (Å²) in [5.74, 6) is 0. The molecule has 0 saturated carbocycles. The van der Waals surface area contributed by atoms with Crippen molar-refractivity contribution in [2.75, 3.05) is 0 Å². The van der Waals surface area contributed by atoms with Crippen molar-refractivity contribution in [1.82, 2.24) is 9.97 Å². The van der Waals surface area contributed by atoms with Gasteiger partial charge in [-0.3, -0.25) is 0 Å². The third-order valence-corrected chi connectivity index (χ3v) is 0.914. The molecule has 0 fully saturated rings. The third kappa shape index (κ3) is 3.31. The Morgan fingerprint density at radius 2 is 1.58 bits per heavy atom. The molecule has 0 radical (unpaired) electrons. The van der Waals surface area contributed by atoms with E-state index in [-0.39, 0.29) is 0 Å². The number of rotatable bonds is 0. The van der Waals surface area contributed by atoms with E-state index in [1.807, 2.05) is 0 Å².